The first-order chi connectivity index (χ1) is 26.9. The molecular formula is C45H27B4N5O. The molecule has 0 amide bonds. The Hall–Kier alpha value is -6.53. The van der Waals surface area contributed by atoms with Crippen LogP contribution >= 0.6 is 0 Å². The molecule has 3 heterocycles. The van der Waals surface area contributed by atoms with Gasteiger partial charge < -0.3 is 10.0 Å². The Morgan fingerprint density at radius 3 is 2.04 bits per heavy atom. The quantitative estimate of drug-likeness (QED) is 0.238. The number of phenolic OH excluding ortho intramolecular Hbond substituents is 1. The lowest BCUT2D eigenvalue weighted by atomic mass is 9.65. The zero-order valence-electron chi connectivity index (χ0n) is 29.5. The molecule has 2 aromatic heterocycles. The topological polar surface area (TPSA) is 67.1 Å². The van der Waals surface area contributed by atoms with Gasteiger partial charge in [-0.25, -0.2) is 4.98 Å². The average Bonchev–Trinajstić information content (AvgIpc) is 3.74. The highest BCUT2D eigenvalue weighted by molar-refractivity contribution is 6.64. The van der Waals surface area contributed by atoms with E-state index in [0.29, 0.717) is 11.8 Å². The fraction of sp³-hybridized carbons (Fsp3) is 0.0444. The molecule has 8 aromatic rings. The van der Waals surface area contributed by atoms with Gasteiger partial charge in [0.15, 0.2) is 11.6 Å². The first-order valence-electron chi connectivity index (χ1n) is 18.0. The third-order valence-electron chi connectivity index (χ3n) is 10.8. The van der Waals surface area contributed by atoms with Crippen LogP contribution in [0.3, 0.4) is 0 Å². The first kappa shape index (κ1) is 33.1. The summed E-state index contributed by atoms with van der Waals surface area (Å²) in [5.74, 6) is 0.570. The van der Waals surface area contributed by atoms with E-state index in [-0.39, 0.29) is 50.9 Å². The maximum atomic E-state index is 11.4. The lowest BCUT2D eigenvalue weighted by molar-refractivity contribution is 0.482. The Morgan fingerprint density at radius 1 is 0.545 bits per heavy atom. The lowest BCUT2D eigenvalue weighted by Gasteiger charge is -2.28. The van der Waals surface area contributed by atoms with Gasteiger partial charge in [0.05, 0.1) is 22.6 Å². The van der Waals surface area contributed by atoms with Crippen molar-refractivity contribution < 1.29 is 5.11 Å². The molecule has 10 rings (SSSR count). The largest absolute Gasteiger partial charge is 0.508 e. The van der Waals surface area contributed by atoms with Gasteiger partial charge in [0.2, 0.25) is 5.95 Å². The molecule has 1 N–H and O–H groups in total. The lowest BCUT2D eigenvalue weighted by Crippen LogP contribution is -2.48. The number of anilines is 2. The van der Waals surface area contributed by atoms with E-state index in [4.69, 9.17) is 46.3 Å². The zero-order chi connectivity index (χ0) is 37.4. The molecule has 250 valence electrons. The standard InChI is InChI=1S/C45H27B4N5O/c46-38-37(42(55)41(49)40(48)39(38)47)44-50-43(27-15-11-14-26(22-27)25-12-3-1-4-13-25)51-45(52-44)54-34-21-10-8-19-30(34)32-23-35-31(24-36(32)54)29-18-7-9-20-33(29)53(35)28-16-5-2-6-17-28/h1-24,29,33,55H. The number of aromatic nitrogens is 4. The maximum Gasteiger partial charge on any atom is 0.238 e. The number of phenols is 1. The van der Waals surface area contributed by atoms with Crippen molar-refractivity contribution >= 4 is 86.4 Å². The van der Waals surface area contributed by atoms with Gasteiger partial charge >= 0.3 is 0 Å². The van der Waals surface area contributed by atoms with Crippen LogP contribution in [0.25, 0.3) is 61.7 Å². The molecule has 0 saturated heterocycles. The van der Waals surface area contributed by atoms with Gasteiger partial charge in [-0.05, 0) is 53.1 Å². The van der Waals surface area contributed by atoms with E-state index in [0.717, 1.165) is 49.9 Å². The van der Waals surface area contributed by atoms with Gasteiger partial charge in [-0.3, -0.25) is 4.57 Å². The second-order valence-electron chi connectivity index (χ2n) is 13.9. The molecule has 8 radical (unpaired) electrons. The minimum absolute atomic E-state index is 0.00507. The summed E-state index contributed by atoms with van der Waals surface area (Å²) in [7, 11) is 25.3. The van der Waals surface area contributed by atoms with Crippen molar-refractivity contribution in [2.24, 2.45) is 0 Å². The fourth-order valence-corrected chi connectivity index (χ4v) is 8.12. The number of hydrogen-bond donors (Lipinski definition) is 1. The molecule has 10 heteroatoms. The second-order valence-corrected chi connectivity index (χ2v) is 13.9. The molecule has 0 spiro atoms. The maximum absolute atomic E-state index is 11.4. The van der Waals surface area contributed by atoms with Crippen molar-refractivity contribution in [2.75, 3.05) is 4.90 Å². The fourth-order valence-electron chi connectivity index (χ4n) is 8.12. The molecule has 2 unspecified atom stereocenters. The summed E-state index contributed by atoms with van der Waals surface area (Å²) in [5, 5.41) is 13.5. The van der Waals surface area contributed by atoms with Crippen LogP contribution in [0.5, 0.6) is 5.75 Å². The van der Waals surface area contributed by atoms with E-state index >= 15 is 0 Å². The molecule has 6 nitrogen and oxygen atoms in total. The number of nitrogens with zero attached hydrogens (tertiary/aromatic N) is 5. The number of hydrogen-bond acceptors (Lipinski definition) is 5. The molecule has 55 heavy (non-hydrogen) atoms. The number of aromatic hydroxyl groups is 1. The summed E-state index contributed by atoms with van der Waals surface area (Å²) >= 11 is 0. The van der Waals surface area contributed by atoms with Crippen LogP contribution < -0.4 is 26.8 Å². The van der Waals surface area contributed by atoms with Crippen molar-refractivity contribution in [1.82, 2.24) is 19.5 Å². The predicted octanol–water partition coefficient (Wildman–Crippen LogP) is 5.58. The van der Waals surface area contributed by atoms with Crippen molar-refractivity contribution in [2.45, 2.75) is 12.0 Å². The third-order valence-corrected chi connectivity index (χ3v) is 10.8. The van der Waals surface area contributed by atoms with Crippen LogP contribution in [0, 0.1) is 0 Å². The normalized spacial score (nSPS) is 15.8. The van der Waals surface area contributed by atoms with E-state index in [9.17, 15) is 5.11 Å². The van der Waals surface area contributed by atoms with Crippen molar-refractivity contribution in [3.05, 3.63) is 151 Å². The van der Waals surface area contributed by atoms with Crippen LogP contribution in [0.1, 0.15) is 11.5 Å². The van der Waals surface area contributed by atoms with Crippen LogP contribution in [0.2, 0.25) is 0 Å². The number of fused-ring (bicyclic) bond motifs is 6. The number of allylic oxidation sites excluding steroid dienone is 2. The molecular weight excluding hydrogens is 670 g/mol. The first-order valence-corrected chi connectivity index (χ1v) is 18.0. The van der Waals surface area contributed by atoms with Crippen molar-refractivity contribution in [3.63, 3.8) is 0 Å². The van der Waals surface area contributed by atoms with Crippen LogP contribution in [0.15, 0.2) is 146 Å². The van der Waals surface area contributed by atoms with Gasteiger partial charge in [-0.15, -0.1) is 10.9 Å². The molecule has 0 saturated carbocycles. The summed E-state index contributed by atoms with van der Waals surface area (Å²) < 4.78 is 2.06. The van der Waals surface area contributed by atoms with Crippen molar-refractivity contribution in [1.29, 1.82) is 0 Å². The van der Waals surface area contributed by atoms with Gasteiger partial charge in [-0.2, -0.15) is 9.97 Å². The van der Waals surface area contributed by atoms with Gasteiger partial charge in [0, 0.05) is 33.6 Å². The third kappa shape index (κ3) is 5.19. The smallest absolute Gasteiger partial charge is 0.238 e. The van der Waals surface area contributed by atoms with Crippen LogP contribution in [0.4, 0.5) is 11.4 Å². The summed E-state index contributed by atoms with van der Waals surface area (Å²) in [5.41, 5.74) is 8.10. The molecule has 0 fully saturated rings. The minimum atomic E-state index is -0.352. The molecule has 0 bridgehead atoms. The Kier molecular flexibility index (Phi) is 7.70. The van der Waals surface area contributed by atoms with Crippen LogP contribution in [-0.2, 0) is 0 Å². The monoisotopic (exact) mass is 697 g/mol. The SMILES string of the molecule is [B]c1c([B])c([B])c(-c2nc(-c3cccc(-c4ccccc4)c3)nc(-n3c4ccccc4c4cc5c(cc43)C3C=CC=CC3N5c3ccccc3)n2)c(O)c1[B]. The summed E-state index contributed by atoms with van der Waals surface area (Å²) in [4.78, 5) is 17.5. The molecule has 2 atom stereocenters. The van der Waals surface area contributed by atoms with E-state index in [1.54, 1.807) is 0 Å². The molecule has 6 aromatic carbocycles. The number of benzene rings is 6. The Balaban J connectivity index is 1.26. The van der Waals surface area contributed by atoms with E-state index < -0.39 is 0 Å². The number of para-hydroxylation sites is 2. The highest BCUT2D eigenvalue weighted by Crippen LogP contribution is 2.50. The predicted molar refractivity (Wildman–Crippen MR) is 227 cm³/mol. The highest BCUT2D eigenvalue weighted by Gasteiger charge is 2.38. The Labute approximate surface area is 323 Å². The summed E-state index contributed by atoms with van der Waals surface area (Å²) in [6.45, 7) is 0. The van der Waals surface area contributed by atoms with E-state index in [2.05, 4.69) is 94.4 Å². The minimum Gasteiger partial charge on any atom is -0.508 e. The van der Waals surface area contributed by atoms with Gasteiger partial charge in [0.1, 0.15) is 37.1 Å². The Morgan fingerprint density at radius 2 is 1.22 bits per heavy atom. The van der Waals surface area contributed by atoms with E-state index in [1.807, 2.05) is 60.7 Å². The van der Waals surface area contributed by atoms with E-state index in [1.165, 1.54) is 5.56 Å². The summed E-state index contributed by atoms with van der Waals surface area (Å²) in [6.07, 6.45) is 8.78. The van der Waals surface area contributed by atoms with Crippen LogP contribution in [-0.4, -0.2) is 62.1 Å². The zero-order valence-corrected chi connectivity index (χ0v) is 29.5. The second kappa shape index (κ2) is 12.8. The molecule has 2 aliphatic rings. The Bertz CT molecular complexity index is 2880. The average molecular weight is 697 g/mol. The number of rotatable bonds is 5. The molecule has 1 aliphatic carbocycles. The van der Waals surface area contributed by atoms with Crippen molar-refractivity contribution in [3.8, 4) is 45.6 Å². The summed E-state index contributed by atoms with van der Waals surface area (Å²) in [6, 6.07) is 41.5. The molecule has 1 aliphatic heterocycles. The van der Waals surface area contributed by atoms with Gasteiger partial charge in [-0.1, -0.05) is 120 Å². The van der Waals surface area contributed by atoms with Gasteiger partial charge in [0.25, 0.3) is 0 Å². The highest BCUT2D eigenvalue weighted by atomic mass is 16.3.